The predicted molar refractivity (Wildman–Crippen MR) is 166 cm³/mol. The lowest BCUT2D eigenvalue weighted by molar-refractivity contribution is 0.0512. The lowest BCUT2D eigenvalue weighted by atomic mass is 10.1. The van der Waals surface area contributed by atoms with Gasteiger partial charge in [-0.3, -0.25) is 0 Å². The maximum absolute atomic E-state index is 13.0. The Kier molecular flexibility index (Phi) is 10.4. The third kappa shape index (κ3) is 10.1. The van der Waals surface area contributed by atoms with Crippen LogP contribution in [0.5, 0.6) is 11.5 Å². The first-order valence-corrected chi connectivity index (χ1v) is 17.1. The third-order valence-electron chi connectivity index (χ3n) is 5.79. The van der Waals surface area contributed by atoms with Gasteiger partial charge in [-0.1, -0.05) is 110 Å². The van der Waals surface area contributed by atoms with E-state index in [2.05, 4.69) is 42.9 Å². The fourth-order valence-electron chi connectivity index (χ4n) is 3.73. The van der Waals surface area contributed by atoms with E-state index in [1.54, 1.807) is 18.2 Å². The van der Waals surface area contributed by atoms with E-state index in [0.29, 0.717) is 36.7 Å². The van der Waals surface area contributed by atoms with Crippen molar-refractivity contribution < 1.29 is 19.0 Å². The molecule has 0 spiro atoms. The molecule has 0 saturated heterocycles. The zero-order valence-electron chi connectivity index (χ0n) is 23.8. The maximum Gasteiger partial charge on any atom is 0.338 e. The highest BCUT2D eigenvalue weighted by atomic mass is 28.3. The number of esters is 1. The molecular formula is C36H34O4Si. The van der Waals surface area contributed by atoms with E-state index in [0.717, 1.165) is 22.3 Å². The van der Waals surface area contributed by atoms with Crippen LogP contribution in [0.2, 0.25) is 19.6 Å². The van der Waals surface area contributed by atoms with Gasteiger partial charge in [0.1, 0.15) is 39.4 Å². The van der Waals surface area contributed by atoms with E-state index in [-0.39, 0.29) is 6.61 Å². The van der Waals surface area contributed by atoms with Crippen molar-refractivity contribution in [2.45, 2.75) is 39.3 Å². The summed E-state index contributed by atoms with van der Waals surface area (Å²) in [6, 6.07) is 32.7. The average Bonchev–Trinajstić information content (AvgIpc) is 2.99. The molecule has 0 radical (unpaired) electrons. The van der Waals surface area contributed by atoms with Gasteiger partial charge in [-0.15, -0.1) is 5.54 Å². The molecule has 0 amide bonds. The molecular weight excluding hydrogens is 524 g/mol. The van der Waals surface area contributed by atoms with E-state index in [1.807, 2.05) is 84.9 Å². The van der Waals surface area contributed by atoms with Crippen molar-refractivity contribution in [1.82, 2.24) is 0 Å². The molecule has 4 rings (SSSR count). The fraction of sp³-hybridized carbons (Fsp3) is 0.194. The zero-order valence-corrected chi connectivity index (χ0v) is 24.8. The summed E-state index contributed by atoms with van der Waals surface area (Å²) in [6.07, 6.45) is 0.406. The quantitative estimate of drug-likeness (QED) is 0.0915. The Bertz CT molecular complexity index is 1500. The average molecular weight is 559 g/mol. The van der Waals surface area contributed by atoms with Gasteiger partial charge in [-0.25, -0.2) is 4.79 Å². The van der Waals surface area contributed by atoms with E-state index < -0.39 is 14.0 Å². The van der Waals surface area contributed by atoms with Crippen molar-refractivity contribution in [1.29, 1.82) is 0 Å². The standard InChI is InChI=1S/C36H34O4Si/c1-41(2,3)23-21-32-19-11-10-18-31(32)20-12-13-22-38-36(37)33-24-34(39-27-29-14-6-4-7-15-29)26-35(25-33)40-28-30-16-8-5-9-17-30/h4-11,14-19,24-26H,13,22,27-28H2,1-3H3. The molecule has 0 atom stereocenters. The van der Waals surface area contributed by atoms with Crippen molar-refractivity contribution in [3.05, 3.63) is 131 Å². The molecule has 0 N–H and O–H groups in total. The number of hydrogen-bond donors (Lipinski definition) is 0. The smallest absolute Gasteiger partial charge is 0.338 e. The lowest BCUT2D eigenvalue weighted by Gasteiger charge is -2.12. The summed E-state index contributed by atoms with van der Waals surface area (Å²) in [5, 5.41) is 0. The number of hydrogen-bond acceptors (Lipinski definition) is 4. The Morgan fingerprint density at radius 3 is 1.73 bits per heavy atom. The number of carbonyl (C=O) groups is 1. The van der Waals surface area contributed by atoms with Gasteiger partial charge in [0.25, 0.3) is 0 Å². The molecule has 4 aromatic rings. The second-order valence-corrected chi connectivity index (χ2v) is 15.2. The van der Waals surface area contributed by atoms with Gasteiger partial charge in [-0.05, 0) is 35.4 Å². The van der Waals surface area contributed by atoms with Gasteiger partial charge in [0.15, 0.2) is 0 Å². The molecule has 0 fully saturated rings. The van der Waals surface area contributed by atoms with Gasteiger partial charge < -0.3 is 14.2 Å². The minimum absolute atomic E-state index is 0.171. The molecule has 0 unspecified atom stereocenters. The summed E-state index contributed by atoms with van der Waals surface area (Å²) in [7, 11) is -1.49. The number of ether oxygens (including phenoxy) is 3. The molecule has 0 heterocycles. The van der Waals surface area contributed by atoms with Gasteiger partial charge in [0.05, 0.1) is 5.56 Å². The highest BCUT2D eigenvalue weighted by Crippen LogP contribution is 2.25. The summed E-state index contributed by atoms with van der Waals surface area (Å²) in [5.41, 5.74) is 7.61. The third-order valence-corrected chi connectivity index (χ3v) is 6.67. The molecule has 5 heteroatoms. The first-order valence-electron chi connectivity index (χ1n) is 13.6. The van der Waals surface area contributed by atoms with E-state index >= 15 is 0 Å². The van der Waals surface area contributed by atoms with Gasteiger partial charge >= 0.3 is 5.97 Å². The highest BCUT2D eigenvalue weighted by molar-refractivity contribution is 6.83. The second-order valence-electron chi connectivity index (χ2n) is 10.5. The summed E-state index contributed by atoms with van der Waals surface area (Å²) in [4.78, 5) is 13.0. The monoisotopic (exact) mass is 558 g/mol. The summed E-state index contributed by atoms with van der Waals surface area (Å²) >= 11 is 0. The SMILES string of the molecule is C[Si](C)(C)C#Cc1ccccc1C#CCCOC(=O)c1cc(OCc2ccccc2)cc(OCc2ccccc2)c1. The van der Waals surface area contributed by atoms with Crippen LogP contribution < -0.4 is 9.47 Å². The van der Waals surface area contributed by atoms with E-state index in [1.165, 1.54) is 0 Å². The topological polar surface area (TPSA) is 44.8 Å². The molecule has 4 aromatic carbocycles. The molecule has 0 bridgehead atoms. The predicted octanol–water partition coefficient (Wildman–Crippen LogP) is 7.67. The molecule has 4 nitrogen and oxygen atoms in total. The van der Waals surface area contributed by atoms with Crippen LogP contribution in [0.1, 0.15) is 39.0 Å². The van der Waals surface area contributed by atoms with Crippen molar-refractivity contribution >= 4 is 14.0 Å². The van der Waals surface area contributed by atoms with Gasteiger partial charge in [0.2, 0.25) is 0 Å². The minimum atomic E-state index is -1.49. The minimum Gasteiger partial charge on any atom is -0.489 e. The lowest BCUT2D eigenvalue weighted by Crippen LogP contribution is -2.16. The Balaban J connectivity index is 1.41. The maximum atomic E-state index is 13.0. The first-order chi connectivity index (χ1) is 19.9. The molecule has 0 aliphatic carbocycles. The van der Waals surface area contributed by atoms with E-state index in [4.69, 9.17) is 14.2 Å². The van der Waals surface area contributed by atoms with Gasteiger partial charge in [-0.2, -0.15) is 0 Å². The Labute approximate surface area is 244 Å². The van der Waals surface area contributed by atoms with Crippen LogP contribution in [0.4, 0.5) is 0 Å². The Morgan fingerprint density at radius 2 is 1.20 bits per heavy atom. The molecule has 0 saturated carbocycles. The normalized spacial score (nSPS) is 10.4. The molecule has 0 aromatic heterocycles. The van der Waals surface area contributed by atoms with Crippen LogP contribution in [0.25, 0.3) is 0 Å². The highest BCUT2D eigenvalue weighted by Gasteiger charge is 2.13. The molecule has 0 aliphatic heterocycles. The van der Waals surface area contributed by atoms with Crippen LogP contribution in [-0.4, -0.2) is 20.7 Å². The first kappa shape index (κ1) is 29.3. The van der Waals surface area contributed by atoms with Crippen molar-refractivity contribution in [2.75, 3.05) is 6.61 Å². The van der Waals surface area contributed by atoms with Crippen LogP contribution in [-0.2, 0) is 18.0 Å². The van der Waals surface area contributed by atoms with Crippen LogP contribution in [0.3, 0.4) is 0 Å². The van der Waals surface area contributed by atoms with Crippen LogP contribution in [0, 0.1) is 23.3 Å². The molecule has 41 heavy (non-hydrogen) atoms. The molecule has 206 valence electrons. The number of rotatable bonds is 9. The van der Waals surface area contributed by atoms with Crippen molar-refractivity contribution in [3.8, 4) is 34.8 Å². The summed E-state index contributed by atoms with van der Waals surface area (Å²) in [6.45, 7) is 7.56. The van der Waals surface area contributed by atoms with Crippen LogP contribution >= 0.6 is 0 Å². The van der Waals surface area contributed by atoms with Crippen LogP contribution in [0.15, 0.2) is 103 Å². The second kappa shape index (κ2) is 14.6. The van der Waals surface area contributed by atoms with Crippen molar-refractivity contribution in [2.24, 2.45) is 0 Å². The van der Waals surface area contributed by atoms with Crippen molar-refractivity contribution in [3.63, 3.8) is 0 Å². The molecule has 0 aliphatic rings. The largest absolute Gasteiger partial charge is 0.489 e. The number of carbonyl (C=O) groups excluding carboxylic acids is 1. The Morgan fingerprint density at radius 1 is 0.683 bits per heavy atom. The summed E-state index contributed by atoms with van der Waals surface area (Å²) < 4.78 is 17.6. The zero-order chi connectivity index (χ0) is 28.9. The van der Waals surface area contributed by atoms with Gasteiger partial charge in [0, 0.05) is 23.6 Å². The van der Waals surface area contributed by atoms with E-state index in [9.17, 15) is 4.79 Å². The fourth-order valence-corrected chi connectivity index (χ4v) is 4.24. The number of benzene rings is 4. The summed E-state index contributed by atoms with van der Waals surface area (Å²) in [5.74, 6) is 10.2. The Hall–Kier alpha value is -4.71.